The van der Waals surface area contributed by atoms with E-state index in [0.717, 1.165) is 22.8 Å². The summed E-state index contributed by atoms with van der Waals surface area (Å²) in [5, 5.41) is 20.1. The number of carboxylic acids is 1. The predicted molar refractivity (Wildman–Crippen MR) is 77.9 cm³/mol. The van der Waals surface area contributed by atoms with Crippen molar-refractivity contribution in [1.82, 2.24) is 10.2 Å². The summed E-state index contributed by atoms with van der Waals surface area (Å²) >= 11 is 1.06. The molecule has 0 atom stereocenters. The Balaban J connectivity index is 2.11. The van der Waals surface area contributed by atoms with Crippen molar-refractivity contribution in [3.63, 3.8) is 0 Å². The molecular weight excluding hydrogens is 278 g/mol. The first-order valence-electron chi connectivity index (χ1n) is 5.88. The Bertz CT molecular complexity index is 660. The van der Waals surface area contributed by atoms with Crippen LogP contribution in [0.2, 0.25) is 0 Å². The van der Waals surface area contributed by atoms with E-state index in [-0.39, 0.29) is 17.4 Å². The molecule has 6 nitrogen and oxygen atoms in total. The van der Waals surface area contributed by atoms with Gasteiger partial charge in [0.2, 0.25) is 5.91 Å². The first-order valence-corrected chi connectivity index (χ1v) is 7.04. The standard InChI is InChI=1S/C13H13N3O3S/c1-8-5-9-10(3-2-4-11(9)16-15-8)14-12(17)6-20-7-13(18)19/h2-5H,6-7H2,1H3,(H,14,17)(H,18,19). The monoisotopic (exact) mass is 291 g/mol. The second-order valence-corrected chi connectivity index (χ2v) is 5.14. The van der Waals surface area contributed by atoms with Crippen molar-refractivity contribution in [3.8, 4) is 0 Å². The molecule has 0 bridgehead atoms. The first kappa shape index (κ1) is 14.3. The fourth-order valence-corrected chi connectivity index (χ4v) is 2.22. The number of amides is 1. The Morgan fingerprint density at radius 2 is 2.10 bits per heavy atom. The van der Waals surface area contributed by atoms with Crippen LogP contribution < -0.4 is 5.32 Å². The van der Waals surface area contributed by atoms with Crippen molar-refractivity contribution in [2.24, 2.45) is 0 Å². The van der Waals surface area contributed by atoms with Crippen LogP contribution in [0.3, 0.4) is 0 Å². The van der Waals surface area contributed by atoms with Crippen LogP contribution in [0.5, 0.6) is 0 Å². The average Bonchev–Trinajstić information content (AvgIpc) is 2.39. The normalized spacial score (nSPS) is 10.4. The number of aromatic nitrogens is 2. The molecule has 2 N–H and O–H groups in total. The zero-order chi connectivity index (χ0) is 14.5. The van der Waals surface area contributed by atoms with Crippen LogP contribution in [0.1, 0.15) is 5.69 Å². The summed E-state index contributed by atoms with van der Waals surface area (Å²) in [6.45, 7) is 1.83. The number of benzene rings is 1. The highest BCUT2D eigenvalue weighted by Crippen LogP contribution is 2.22. The number of thioether (sulfide) groups is 1. The number of carbonyl (C=O) groups excluding carboxylic acids is 1. The highest BCUT2D eigenvalue weighted by molar-refractivity contribution is 8.00. The van der Waals surface area contributed by atoms with Crippen molar-refractivity contribution in [2.45, 2.75) is 6.92 Å². The molecule has 1 aromatic carbocycles. The van der Waals surface area contributed by atoms with Gasteiger partial charge in [-0.2, -0.15) is 10.2 Å². The van der Waals surface area contributed by atoms with E-state index < -0.39 is 5.97 Å². The Morgan fingerprint density at radius 1 is 1.30 bits per heavy atom. The molecule has 20 heavy (non-hydrogen) atoms. The molecule has 0 radical (unpaired) electrons. The van der Waals surface area contributed by atoms with Gasteiger partial charge in [0, 0.05) is 5.39 Å². The third kappa shape index (κ3) is 3.67. The lowest BCUT2D eigenvalue weighted by Gasteiger charge is -2.08. The van der Waals surface area contributed by atoms with Gasteiger partial charge in [0.05, 0.1) is 28.4 Å². The molecule has 7 heteroatoms. The largest absolute Gasteiger partial charge is 0.481 e. The second kappa shape index (κ2) is 6.33. The minimum absolute atomic E-state index is 0.0897. The number of aliphatic carboxylic acids is 1. The van der Waals surface area contributed by atoms with E-state index >= 15 is 0 Å². The van der Waals surface area contributed by atoms with Gasteiger partial charge in [-0.15, -0.1) is 11.8 Å². The van der Waals surface area contributed by atoms with Crippen LogP contribution in [-0.4, -0.2) is 38.7 Å². The van der Waals surface area contributed by atoms with Gasteiger partial charge in [-0.1, -0.05) is 6.07 Å². The van der Waals surface area contributed by atoms with E-state index in [1.54, 1.807) is 12.1 Å². The number of anilines is 1. The van der Waals surface area contributed by atoms with E-state index in [4.69, 9.17) is 5.11 Å². The molecule has 1 amide bonds. The first-order chi connectivity index (χ1) is 9.56. The molecule has 0 aliphatic carbocycles. The Labute approximate surface area is 119 Å². The number of hydrogen-bond acceptors (Lipinski definition) is 5. The molecule has 0 aliphatic rings. The number of carboxylic acid groups (broad SMARTS) is 1. The van der Waals surface area contributed by atoms with Gasteiger partial charge < -0.3 is 10.4 Å². The number of nitrogens with zero attached hydrogens (tertiary/aromatic N) is 2. The molecule has 0 unspecified atom stereocenters. The number of rotatable bonds is 5. The van der Waals surface area contributed by atoms with Crippen LogP contribution >= 0.6 is 11.8 Å². The number of nitrogens with one attached hydrogen (secondary N) is 1. The fraction of sp³-hybridized carbons (Fsp3) is 0.231. The number of hydrogen-bond donors (Lipinski definition) is 2. The van der Waals surface area contributed by atoms with Gasteiger partial charge in [0.25, 0.3) is 0 Å². The van der Waals surface area contributed by atoms with Crippen molar-refractivity contribution < 1.29 is 14.7 Å². The Morgan fingerprint density at radius 3 is 2.85 bits per heavy atom. The lowest BCUT2D eigenvalue weighted by molar-refractivity contribution is -0.133. The van der Waals surface area contributed by atoms with E-state index in [2.05, 4.69) is 15.5 Å². The lowest BCUT2D eigenvalue weighted by atomic mass is 10.2. The molecule has 1 heterocycles. The van der Waals surface area contributed by atoms with E-state index in [1.807, 2.05) is 19.1 Å². The van der Waals surface area contributed by atoms with Crippen molar-refractivity contribution in [2.75, 3.05) is 16.8 Å². The molecule has 2 rings (SSSR count). The van der Waals surface area contributed by atoms with E-state index in [9.17, 15) is 9.59 Å². The van der Waals surface area contributed by atoms with Gasteiger partial charge >= 0.3 is 5.97 Å². The Hall–Kier alpha value is -2.15. The molecule has 1 aromatic heterocycles. The van der Waals surface area contributed by atoms with Crippen LogP contribution in [-0.2, 0) is 9.59 Å². The van der Waals surface area contributed by atoms with Crippen LogP contribution in [0.15, 0.2) is 24.3 Å². The summed E-state index contributed by atoms with van der Waals surface area (Å²) in [5.41, 5.74) is 2.12. The topological polar surface area (TPSA) is 92.2 Å². The van der Waals surface area contributed by atoms with Gasteiger partial charge in [-0.05, 0) is 25.1 Å². The molecule has 0 saturated carbocycles. The number of carbonyl (C=O) groups is 2. The van der Waals surface area contributed by atoms with Crippen LogP contribution in [0.4, 0.5) is 5.69 Å². The molecule has 0 fully saturated rings. The summed E-state index contributed by atoms with van der Waals surface area (Å²) in [6, 6.07) is 7.23. The zero-order valence-electron chi connectivity index (χ0n) is 10.8. The molecule has 0 saturated heterocycles. The maximum absolute atomic E-state index is 11.8. The third-order valence-corrected chi connectivity index (χ3v) is 3.40. The lowest BCUT2D eigenvalue weighted by Crippen LogP contribution is -2.15. The number of fused-ring (bicyclic) bond motifs is 1. The minimum Gasteiger partial charge on any atom is -0.481 e. The third-order valence-electron chi connectivity index (χ3n) is 2.48. The van der Waals surface area contributed by atoms with Gasteiger partial charge in [0.1, 0.15) is 0 Å². The molecule has 104 valence electrons. The summed E-state index contributed by atoms with van der Waals surface area (Å²) in [4.78, 5) is 22.1. The maximum atomic E-state index is 11.8. The fourth-order valence-electron chi connectivity index (χ4n) is 1.69. The average molecular weight is 291 g/mol. The Kier molecular flexibility index (Phi) is 4.52. The molecule has 2 aromatic rings. The van der Waals surface area contributed by atoms with Crippen LogP contribution in [0.25, 0.3) is 10.9 Å². The molecular formula is C13H13N3O3S. The second-order valence-electron chi connectivity index (χ2n) is 4.16. The predicted octanol–water partition coefficient (Wildman–Crippen LogP) is 1.69. The van der Waals surface area contributed by atoms with Crippen molar-refractivity contribution in [3.05, 3.63) is 30.0 Å². The minimum atomic E-state index is -0.932. The zero-order valence-corrected chi connectivity index (χ0v) is 11.6. The molecule has 0 aliphatic heterocycles. The SMILES string of the molecule is Cc1cc2c(NC(=O)CSCC(=O)O)cccc2nn1. The summed E-state index contributed by atoms with van der Waals surface area (Å²) < 4.78 is 0. The van der Waals surface area contributed by atoms with Gasteiger partial charge in [-0.25, -0.2) is 0 Å². The number of aryl methyl sites for hydroxylation is 1. The van der Waals surface area contributed by atoms with E-state index in [1.165, 1.54) is 0 Å². The van der Waals surface area contributed by atoms with Crippen molar-refractivity contribution >= 4 is 40.2 Å². The summed E-state index contributed by atoms with van der Waals surface area (Å²) in [6.07, 6.45) is 0. The van der Waals surface area contributed by atoms with Gasteiger partial charge in [0.15, 0.2) is 0 Å². The highest BCUT2D eigenvalue weighted by Gasteiger charge is 2.08. The van der Waals surface area contributed by atoms with E-state index in [0.29, 0.717) is 11.2 Å². The molecule has 0 spiro atoms. The van der Waals surface area contributed by atoms with Crippen LogP contribution in [0, 0.1) is 6.92 Å². The smallest absolute Gasteiger partial charge is 0.313 e. The van der Waals surface area contributed by atoms with Gasteiger partial charge in [-0.3, -0.25) is 9.59 Å². The maximum Gasteiger partial charge on any atom is 0.313 e. The van der Waals surface area contributed by atoms with Crippen molar-refractivity contribution in [1.29, 1.82) is 0 Å². The summed E-state index contributed by atoms with van der Waals surface area (Å²) in [5.74, 6) is -1.16. The highest BCUT2D eigenvalue weighted by atomic mass is 32.2. The summed E-state index contributed by atoms with van der Waals surface area (Å²) in [7, 11) is 0. The quantitative estimate of drug-likeness (QED) is 0.871.